The van der Waals surface area contributed by atoms with Gasteiger partial charge in [0, 0.05) is 13.2 Å². The molecule has 5 nitrogen and oxygen atoms in total. The molecule has 0 unspecified atom stereocenters. The summed E-state index contributed by atoms with van der Waals surface area (Å²) in [5.41, 5.74) is -0.230. The van der Waals surface area contributed by atoms with E-state index in [-0.39, 0.29) is 18.7 Å². The van der Waals surface area contributed by atoms with Gasteiger partial charge in [-0.05, 0) is 49.6 Å². The van der Waals surface area contributed by atoms with Crippen LogP contribution in [0.2, 0.25) is 0 Å². The predicted octanol–water partition coefficient (Wildman–Crippen LogP) is 2.07. The number of urea groups is 1. The van der Waals surface area contributed by atoms with E-state index in [1.807, 2.05) is 30.7 Å². The summed E-state index contributed by atoms with van der Waals surface area (Å²) in [5, 5.41) is 19.4. The van der Waals surface area contributed by atoms with Crippen LogP contribution in [0.4, 0.5) is 4.79 Å². The first kappa shape index (κ1) is 16.9. The molecule has 1 rings (SSSR count). The molecule has 0 aromatic carbocycles. The fraction of sp³-hybridized carbons (Fsp3) is 0.643. The van der Waals surface area contributed by atoms with Crippen molar-refractivity contribution in [1.29, 1.82) is 0 Å². The average molecular weight is 300 g/mol. The van der Waals surface area contributed by atoms with Crippen molar-refractivity contribution < 1.29 is 14.6 Å². The van der Waals surface area contributed by atoms with E-state index in [0.29, 0.717) is 13.2 Å². The summed E-state index contributed by atoms with van der Waals surface area (Å²) in [6.45, 7) is 7.01. The van der Waals surface area contributed by atoms with E-state index in [9.17, 15) is 9.90 Å². The normalized spacial score (nSPS) is 14.1. The Hall–Kier alpha value is -1.11. The van der Waals surface area contributed by atoms with Gasteiger partial charge in [-0.25, -0.2) is 4.79 Å². The smallest absolute Gasteiger partial charge is 0.314 e. The largest absolute Gasteiger partial charge is 0.384 e. The highest BCUT2D eigenvalue weighted by atomic mass is 32.1. The second-order valence-electron chi connectivity index (χ2n) is 5.17. The van der Waals surface area contributed by atoms with Crippen molar-refractivity contribution in [3.05, 3.63) is 22.4 Å². The number of aliphatic hydroxyl groups is 1. The highest BCUT2D eigenvalue weighted by Crippen LogP contribution is 2.21. The molecule has 0 saturated heterocycles. The van der Waals surface area contributed by atoms with Gasteiger partial charge < -0.3 is 20.5 Å². The zero-order valence-electron chi connectivity index (χ0n) is 12.3. The number of carbonyl (C=O) groups excluding carboxylic acids is 1. The molecular formula is C14H24N2O3S. The summed E-state index contributed by atoms with van der Waals surface area (Å²) >= 11 is 1.52. The van der Waals surface area contributed by atoms with E-state index >= 15 is 0 Å². The number of hydrogen-bond acceptors (Lipinski definition) is 4. The third-order valence-corrected chi connectivity index (χ3v) is 3.48. The van der Waals surface area contributed by atoms with E-state index in [0.717, 1.165) is 12.0 Å². The van der Waals surface area contributed by atoms with Gasteiger partial charge in [-0.3, -0.25) is 0 Å². The Kier molecular flexibility index (Phi) is 6.98. The molecule has 114 valence electrons. The number of rotatable bonds is 8. The van der Waals surface area contributed by atoms with Crippen LogP contribution in [-0.2, 0) is 10.3 Å². The van der Waals surface area contributed by atoms with Crippen molar-refractivity contribution in [2.45, 2.75) is 38.9 Å². The zero-order chi connectivity index (χ0) is 15.0. The molecule has 20 heavy (non-hydrogen) atoms. The van der Waals surface area contributed by atoms with Crippen LogP contribution in [0.3, 0.4) is 0 Å². The van der Waals surface area contributed by atoms with E-state index in [1.165, 1.54) is 11.3 Å². The molecule has 2 amide bonds. The van der Waals surface area contributed by atoms with Gasteiger partial charge in [0.2, 0.25) is 0 Å². The van der Waals surface area contributed by atoms with E-state index in [4.69, 9.17) is 4.74 Å². The van der Waals surface area contributed by atoms with Crippen LogP contribution in [0.25, 0.3) is 0 Å². The number of carbonyl (C=O) groups is 1. The first-order valence-electron chi connectivity index (χ1n) is 6.80. The molecule has 0 aliphatic rings. The van der Waals surface area contributed by atoms with Crippen molar-refractivity contribution in [2.24, 2.45) is 0 Å². The first-order valence-corrected chi connectivity index (χ1v) is 7.74. The van der Waals surface area contributed by atoms with Crippen LogP contribution < -0.4 is 10.6 Å². The van der Waals surface area contributed by atoms with Gasteiger partial charge in [-0.1, -0.05) is 0 Å². The van der Waals surface area contributed by atoms with Gasteiger partial charge in [0.05, 0.1) is 12.6 Å². The lowest BCUT2D eigenvalue weighted by atomic mass is 9.99. The van der Waals surface area contributed by atoms with Crippen LogP contribution in [0, 0.1) is 0 Å². The second-order valence-corrected chi connectivity index (χ2v) is 5.95. The number of ether oxygens (including phenoxy) is 1. The molecule has 1 aromatic heterocycles. The summed E-state index contributed by atoms with van der Waals surface area (Å²) in [6.07, 6.45) is 0.983. The van der Waals surface area contributed by atoms with Gasteiger partial charge in [0.1, 0.15) is 5.60 Å². The summed E-state index contributed by atoms with van der Waals surface area (Å²) < 4.78 is 5.38. The molecule has 0 radical (unpaired) electrons. The van der Waals surface area contributed by atoms with Crippen molar-refractivity contribution in [3.63, 3.8) is 0 Å². The predicted molar refractivity (Wildman–Crippen MR) is 81.0 cm³/mol. The Balaban J connectivity index is 2.17. The standard InChI is InChI=1S/C14H24N2O3S/c1-11(2)19-7-4-6-15-13(17)16-10-14(3,18)12-5-8-20-9-12/h5,8-9,11,18H,4,6-7,10H2,1-3H3,(H2,15,16,17)/t14-/m1/s1. The lowest BCUT2D eigenvalue weighted by molar-refractivity contribution is 0.0596. The minimum Gasteiger partial charge on any atom is -0.384 e. The maximum atomic E-state index is 11.6. The van der Waals surface area contributed by atoms with Gasteiger partial charge in [-0.2, -0.15) is 11.3 Å². The van der Waals surface area contributed by atoms with Gasteiger partial charge in [-0.15, -0.1) is 0 Å². The highest BCUT2D eigenvalue weighted by Gasteiger charge is 2.23. The maximum Gasteiger partial charge on any atom is 0.314 e. The Morgan fingerprint density at radius 2 is 2.25 bits per heavy atom. The maximum absolute atomic E-state index is 11.6. The second kappa shape index (κ2) is 8.24. The molecule has 0 bridgehead atoms. The number of nitrogens with one attached hydrogen (secondary N) is 2. The topological polar surface area (TPSA) is 70.6 Å². The molecule has 1 heterocycles. The lowest BCUT2D eigenvalue weighted by Gasteiger charge is -2.22. The summed E-state index contributed by atoms with van der Waals surface area (Å²) in [5.74, 6) is 0. The number of hydrogen-bond donors (Lipinski definition) is 3. The molecule has 0 aliphatic heterocycles. The molecular weight excluding hydrogens is 276 g/mol. The van der Waals surface area contributed by atoms with E-state index < -0.39 is 5.60 Å². The minimum absolute atomic E-state index is 0.179. The highest BCUT2D eigenvalue weighted by molar-refractivity contribution is 7.08. The average Bonchev–Trinajstić information content (AvgIpc) is 2.90. The van der Waals surface area contributed by atoms with E-state index in [2.05, 4.69) is 10.6 Å². The van der Waals surface area contributed by atoms with Crippen molar-refractivity contribution in [2.75, 3.05) is 19.7 Å². The fourth-order valence-corrected chi connectivity index (χ4v) is 2.36. The number of amides is 2. The van der Waals surface area contributed by atoms with E-state index in [1.54, 1.807) is 6.92 Å². The molecule has 0 fully saturated rings. The van der Waals surface area contributed by atoms with Gasteiger partial charge in [0.25, 0.3) is 0 Å². The SMILES string of the molecule is CC(C)OCCCNC(=O)NC[C@@](C)(O)c1ccsc1. The third-order valence-electron chi connectivity index (χ3n) is 2.79. The lowest BCUT2D eigenvalue weighted by Crippen LogP contribution is -2.43. The minimum atomic E-state index is -1.04. The molecule has 3 N–H and O–H groups in total. The fourth-order valence-electron chi connectivity index (χ4n) is 1.58. The molecule has 0 saturated carbocycles. The Bertz CT molecular complexity index is 391. The quantitative estimate of drug-likeness (QED) is 0.644. The monoisotopic (exact) mass is 300 g/mol. The Morgan fingerprint density at radius 3 is 2.85 bits per heavy atom. The molecule has 1 atom stereocenters. The Morgan fingerprint density at radius 1 is 1.50 bits per heavy atom. The van der Waals surface area contributed by atoms with Gasteiger partial charge >= 0.3 is 6.03 Å². The summed E-state index contributed by atoms with van der Waals surface area (Å²) in [6, 6.07) is 1.58. The van der Waals surface area contributed by atoms with Crippen molar-refractivity contribution in [1.82, 2.24) is 10.6 Å². The molecule has 6 heteroatoms. The van der Waals surface area contributed by atoms with Crippen molar-refractivity contribution >= 4 is 17.4 Å². The summed E-state index contributed by atoms with van der Waals surface area (Å²) in [4.78, 5) is 11.6. The zero-order valence-corrected chi connectivity index (χ0v) is 13.1. The summed E-state index contributed by atoms with van der Waals surface area (Å²) in [7, 11) is 0. The van der Waals surface area contributed by atoms with Crippen LogP contribution in [0.1, 0.15) is 32.8 Å². The van der Waals surface area contributed by atoms with Crippen LogP contribution in [0.15, 0.2) is 16.8 Å². The van der Waals surface area contributed by atoms with Crippen LogP contribution in [-0.4, -0.2) is 36.9 Å². The third kappa shape index (κ3) is 6.36. The first-order chi connectivity index (χ1) is 9.42. The Labute approximate surface area is 124 Å². The molecule has 1 aromatic rings. The number of thiophene rings is 1. The van der Waals surface area contributed by atoms with Crippen LogP contribution in [0.5, 0.6) is 0 Å². The molecule has 0 aliphatic carbocycles. The van der Waals surface area contributed by atoms with Gasteiger partial charge in [0.15, 0.2) is 0 Å². The molecule has 0 spiro atoms. The van der Waals surface area contributed by atoms with Crippen LogP contribution >= 0.6 is 11.3 Å². The van der Waals surface area contributed by atoms with Crippen molar-refractivity contribution in [3.8, 4) is 0 Å².